The number of aryl methyl sites for hydroxylation is 2. The van der Waals surface area contributed by atoms with E-state index in [2.05, 4.69) is 40.0 Å². The van der Waals surface area contributed by atoms with Crippen LogP contribution < -0.4 is 5.32 Å². The lowest BCUT2D eigenvalue weighted by molar-refractivity contribution is -0.121. The van der Waals surface area contributed by atoms with Crippen LogP contribution in [0.15, 0.2) is 29.0 Å². The van der Waals surface area contributed by atoms with Gasteiger partial charge in [0.2, 0.25) is 5.91 Å². The van der Waals surface area contributed by atoms with Gasteiger partial charge in [-0.1, -0.05) is 24.8 Å². The number of nitrogens with one attached hydrogen (secondary N) is 1. The Balaban J connectivity index is 1.92. The summed E-state index contributed by atoms with van der Waals surface area (Å²) < 4.78 is 2.01. The fourth-order valence-electron chi connectivity index (χ4n) is 1.91. The first-order valence-corrected chi connectivity index (χ1v) is 9.56. The summed E-state index contributed by atoms with van der Waals surface area (Å²) in [6, 6.07) is 4.19. The molecule has 2 aromatic heterocycles. The van der Waals surface area contributed by atoms with Gasteiger partial charge in [-0.3, -0.25) is 4.79 Å². The van der Waals surface area contributed by atoms with E-state index >= 15 is 0 Å². The Morgan fingerprint density at radius 2 is 2.30 bits per heavy atom. The second-order valence-corrected chi connectivity index (χ2v) is 8.46. The second kappa shape index (κ2) is 7.97. The predicted molar refractivity (Wildman–Crippen MR) is 95.9 cm³/mol. The lowest BCUT2D eigenvalue weighted by Crippen LogP contribution is -2.46. The molecule has 23 heavy (non-hydrogen) atoms. The van der Waals surface area contributed by atoms with Crippen LogP contribution in [0.4, 0.5) is 0 Å². The van der Waals surface area contributed by atoms with E-state index < -0.39 is 0 Å². The molecule has 7 heteroatoms. The zero-order valence-electron chi connectivity index (χ0n) is 14.1. The van der Waals surface area contributed by atoms with E-state index in [-0.39, 0.29) is 16.7 Å². The molecule has 1 amide bonds. The molecule has 0 fully saturated rings. The highest BCUT2D eigenvalue weighted by molar-refractivity contribution is 8.00. The Labute approximate surface area is 145 Å². The Kier molecular flexibility index (Phi) is 6.24. The summed E-state index contributed by atoms with van der Waals surface area (Å²) in [5, 5.41) is 13.9. The fraction of sp³-hybridized carbons (Fsp3) is 0.562. The SMILES string of the molecule is CCC(C)(C)NC(=O)C(C)Sc1nncn1CCc1cccs1. The summed E-state index contributed by atoms with van der Waals surface area (Å²) in [7, 11) is 0. The normalized spacial score (nSPS) is 13.0. The van der Waals surface area contributed by atoms with Crippen molar-refractivity contribution in [1.82, 2.24) is 20.1 Å². The van der Waals surface area contributed by atoms with E-state index in [9.17, 15) is 4.79 Å². The molecule has 126 valence electrons. The van der Waals surface area contributed by atoms with E-state index in [1.165, 1.54) is 16.6 Å². The molecule has 0 aromatic carbocycles. The first-order chi connectivity index (χ1) is 10.9. The quantitative estimate of drug-likeness (QED) is 0.740. The maximum atomic E-state index is 12.3. The molecular formula is C16H24N4OS2. The van der Waals surface area contributed by atoms with Crippen molar-refractivity contribution in [2.45, 2.75) is 63.0 Å². The van der Waals surface area contributed by atoms with Crippen molar-refractivity contribution >= 4 is 29.0 Å². The number of thioether (sulfide) groups is 1. The van der Waals surface area contributed by atoms with Gasteiger partial charge >= 0.3 is 0 Å². The second-order valence-electron chi connectivity index (χ2n) is 6.12. The van der Waals surface area contributed by atoms with Crippen LogP contribution in [0.5, 0.6) is 0 Å². The molecule has 1 atom stereocenters. The van der Waals surface area contributed by atoms with Crippen LogP contribution in [0.3, 0.4) is 0 Å². The van der Waals surface area contributed by atoms with Crippen LogP contribution in [0.25, 0.3) is 0 Å². The minimum atomic E-state index is -0.203. The first-order valence-electron chi connectivity index (χ1n) is 7.80. The highest BCUT2D eigenvalue weighted by Gasteiger charge is 2.23. The first kappa shape index (κ1) is 18.0. The molecule has 1 unspecified atom stereocenters. The number of carbonyl (C=O) groups excluding carboxylic acids is 1. The van der Waals surface area contributed by atoms with Gasteiger partial charge in [-0.05, 0) is 45.1 Å². The average Bonchev–Trinajstić information content (AvgIpc) is 3.16. The molecule has 0 radical (unpaired) electrons. The Morgan fingerprint density at radius 3 is 2.96 bits per heavy atom. The number of nitrogens with zero attached hydrogens (tertiary/aromatic N) is 3. The van der Waals surface area contributed by atoms with Gasteiger partial charge in [-0.15, -0.1) is 21.5 Å². The summed E-state index contributed by atoms with van der Waals surface area (Å²) in [5.74, 6) is 0.0367. The molecule has 0 aliphatic rings. The third-order valence-corrected chi connectivity index (χ3v) is 5.79. The number of thiophene rings is 1. The van der Waals surface area contributed by atoms with Gasteiger partial charge in [0.25, 0.3) is 0 Å². The Morgan fingerprint density at radius 1 is 1.52 bits per heavy atom. The summed E-state index contributed by atoms with van der Waals surface area (Å²) in [4.78, 5) is 13.7. The zero-order chi connectivity index (χ0) is 16.9. The molecule has 0 saturated carbocycles. The van der Waals surface area contributed by atoms with Crippen LogP contribution in [-0.4, -0.2) is 31.5 Å². The summed E-state index contributed by atoms with van der Waals surface area (Å²) in [6.45, 7) is 8.87. The molecule has 2 heterocycles. The molecular weight excluding hydrogens is 328 g/mol. The highest BCUT2D eigenvalue weighted by Crippen LogP contribution is 2.22. The van der Waals surface area contributed by atoms with Gasteiger partial charge in [0, 0.05) is 17.0 Å². The molecule has 2 aromatic rings. The minimum Gasteiger partial charge on any atom is -0.350 e. The van der Waals surface area contributed by atoms with Gasteiger partial charge in [0.15, 0.2) is 5.16 Å². The number of rotatable bonds is 8. The smallest absolute Gasteiger partial charge is 0.233 e. The molecule has 0 saturated heterocycles. The van der Waals surface area contributed by atoms with Crippen molar-refractivity contribution in [2.24, 2.45) is 0 Å². The van der Waals surface area contributed by atoms with Crippen LogP contribution in [0.1, 0.15) is 39.0 Å². The third-order valence-electron chi connectivity index (χ3n) is 3.76. The van der Waals surface area contributed by atoms with Crippen molar-refractivity contribution in [1.29, 1.82) is 0 Å². The van der Waals surface area contributed by atoms with E-state index in [4.69, 9.17) is 0 Å². The topological polar surface area (TPSA) is 59.8 Å². The van der Waals surface area contributed by atoms with E-state index in [0.717, 1.165) is 24.5 Å². The lowest BCUT2D eigenvalue weighted by atomic mass is 10.0. The maximum Gasteiger partial charge on any atom is 0.233 e. The maximum absolute atomic E-state index is 12.3. The van der Waals surface area contributed by atoms with Gasteiger partial charge in [-0.25, -0.2) is 0 Å². The van der Waals surface area contributed by atoms with Crippen molar-refractivity contribution in [2.75, 3.05) is 0 Å². The Bertz CT molecular complexity index is 622. The fourth-order valence-corrected chi connectivity index (χ4v) is 3.46. The van der Waals surface area contributed by atoms with Crippen molar-refractivity contribution in [3.05, 3.63) is 28.7 Å². The average molecular weight is 353 g/mol. The molecule has 0 aliphatic heterocycles. The lowest BCUT2D eigenvalue weighted by Gasteiger charge is -2.26. The zero-order valence-corrected chi connectivity index (χ0v) is 15.7. The van der Waals surface area contributed by atoms with Crippen molar-refractivity contribution in [3.63, 3.8) is 0 Å². The van der Waals surface area contributed by atoms with Crippen LogP contribution >= 0.6 is 23.1 Å². The standard InChI is InChI=1S/C16H24N4OS2/c1-5-16(3,4)18-14(21)12(2)23-15-19-17-11-20(15)9-8-13-7-6-10-22-13/h6-7,10-12H,5,8-9H2,1-4H3,(H,18,21). The van der Waals surface area contributed by atoms with Crippen molar-refractivity contribution in [3.8, 4) is 0 Å². The molecule has 5 nitrogen and oxygen atoms in total. The molecule has 0 bridgehead atoms. The van der Waals surface area contributed by atoms with Gasteiger partial charge < -0.3 is 9.88 Å². The number of hydrogen-bond acceptors (Lipinski definition) is 5. The van der Waals surface area contributed by atoms with Gasteiger partial charge in [0.05, 0.1) is 5.25 Å². The number of carbonyl (C=O) groups is 1. The van der Waals surface area contributed by atoms with Gasteiger partial charge in [-0.2, -0.15) is 0 Å². The van der Waals surface area contributed by atoms with Gasteiger partial charge in [0.1, 0.15) is 6.33 Å². The summed E-state index contributed by atoms with van der Waals surface area (Å²) in [6.07, 6.45) is 3.58. The molecule has 0 spiro atoms. The van der Waals surface area contributed by atoms with Crippen LogP contribution in [0.2, 0.25) is 0 Å². The molecule has 2 rings (SSSR count). The summed E-state index contributed by atoms with van der Waals surface area (Å²) in [5.41, 5.74) is -0.182. The van der Waals surface area contributed by atoms with Crippen molar-refractivity contribution < 1.29 is 4.79 Å². The highest BCUT2D eigenvalue weighted by atomic mass is 32.2. The largest absolute Gasteiger partial charge is 0.350 e. The number of amides is 1. The summed E-state index contributed by atoms with van der Waals surface area (Å²) >= 11 is 3.21. The van der Waals surface area contributed by atoms with E-state index in [1.807, 2.05) is 25.3 Å². The van der Waals surface area contributed by atoms with Crippen LogP contribution in [0, 0.1) is 0 Å². The molecule has 0 aliphatic carbocycles. The van der Waals surface area contributed by atoms with Crippen LogP contribution in [-0.2, 0) is 17.8 Å². The molecule has 1 N–H and O–H groups in total. The predicted octanol–water partition coefficient (Wildman–Crippen LogP) is 3.37. The minimum absolute atomic E-state index is 0.0367. The monoisotopic (exact) mass is 352 g/mol. The number of hydrogen-bond donors (Lipinski definition) is 1. The third kappa shape index (κ3) is 5.35. The van der Waals surface area contributed by atoms with E-state index in [1.54, 1.807) is 17.7 Å². The number of aromatic nitrogens is 3. The Hall–Kier alpha value is -1.34. The van der Waals surface area contributed by atoms with E-state index in [0.29, 0.717) is 0 Å².